The fourth-order valence-electron chi connectivity index (χ4n) is 3.48. The van der Waals surface area contributed by atoms with E-state index < -0.39 is 5.97 Å². The molecule has 7 heteroatoms. The second-order valence-electron chi connectivity index (χ2n) is 7.09. The number of benzene rings is 2. The normalized spacial score (nSPS) is 14.8. The van der Waals surface area contributed by atoms with Crippen molar-refractivity contribution >= 4 is 35.2 Å². The Morgan fingerprint density at radius 3 is 2.50 bits per heavy atom. The van der Waals surface area contributed by atoms with Crippen LogP contribution in [0.1, 0.15) is 32.8 Å². The van der Waals surface area contributed by atoms with Crippen LogP contribution in [-0.2, 0) is 14.3 Å². The van der Waals surface area contributed by atoms with Gasteiger partial charge in [-0.3, -0.25) is 9.69 Å². The summed E-state index contributed by atoms with van der Waals surface area (Å²) in [5.41, 5.74) is 2.06. The topological polar surface area (TPSA) is 65.1 Å². The fraction of sp³-hybridized carbons (Fsp3) is 0.280. The second kappa shape index (κ2) is 10.4. The highest BCUT2D eigenvalue weighted by molar-refractivity contribution is 6.35. The molecule has 6 nitrogen and oxygen atoms in total. The third-order valence-corrected chi connectivity index (χ3v) is 5.24. The van der Waals surface area contributed by atoms with Gasteiger partial charge in [-0.15, -0.1) is 0 Å². The molecule has 0 saturated carbocycles. The number of para-hydroxylation sites is 1. The highest BCUT2D eigenvalue weighted by Gasteiger charge is 2.38. The van der Waals surface area contributed by atoms with E-state index in [1.807, 2.05) is 19.9 Å². The Kier molecular flexibility index (Phi) is 7.59. The van der Waals surface area contributed by atoms with E-state index in [-0.39, 0.29) is 17.1 Å². The predicted molar refractivity (Wildman–Crippen MR) is 125 cm³/mol. The lowest BCUT2D eigenvalue weighted by Crippen LogP contribution is -2.24. The predicted octanol–water partition coefficient (Wildman–Crippen LogP) is 5.40. The molecule has 0 bridgehead atoms. The van der Waals surface area contributed by atoms with Crippen LogP contribution in [0.2, 0.25) is 5.02 Å². The molecule has 0 saturated heterocycles. The lowest BCUT2D eigenvalue weighted by molar-refractivity contribution is -0.136. The molecule has 168 valence electrons. The van der Waals surface area contributed by atoms with Crippen molar-refractivity contribution in [3.05, 3.63) is 69.9 Å². The molecule has 1 heterocycles. The maximum atomic E-state index is 13.4. The Hall–Kier alpha value is -3.25. The fourth-order valence-corrected chi connectivity index (χ4v) is 3.70. The van der Waals surface area contributed by atoms with Crippen molar-refractivity contribution in [2.45, 2.75) is 27.2 Å². The molecule has 0 aromatic heterocycles. The summed E-state index contributed by atoms with van der Waals surface area (Å²) >= 11 is 6.34. The summed E-state index contributed by atoms with van der Waals surface area (Å²) in [6.07, 6.45) is 2.53. The highest BCUT2D eigenvalue weighted by Crippen LogP contribution is 2.39. The number of amides is 1. The monoisotopic (exact) mass is 455 g/mol. The van der Waals surface area contributed by atoms with E-state index in [0.29, 0.717) is 46.7 Å². The molecular weight excluding hydrogens is 430 g/mol. The van der Waals surface area contributed by atoms with Crippen LogP contribution in [0.4, 0.5) is 5.69 Å². The molecule has 32 heavy (non-hydrogen) atoms. The summed E-state index contributed by atoms with van der Waals surface area (Å²) in [4.78, 5) is 27.4. The number of rotatable bonds is 8. The van der Waals surface area contributed by atoms with Crippen molar-refractivity contribution in [2.24, 2.45) is 0 Å². The summed E-state index contributed by atoms with van der Waals surface area (Å²) in [5, 5.41) is 0.404. The first-order valence-corrected chi connectivity index (χ1v) is 10.8. The van der Waals surface area contributed by atoms with Crippen LogP contribution in [0, 0.1) is 0 Å². The first-order chi connectivity index (χ1) is 15.4. The maximum Gasteiger partial charge on any atom is 0.340 e. The van der Waals surface area contributed by atoms with Gasteiger partial charge in [-0.05, 0) is 56.2 Å². The minimum Gasteiger partial charge on any atom is -0.490 e. The molecule has 1 aliphatic heterocycles. The third-order valence-electron chi connectivity index (χ3n) is 4.92. The number of esters is 1. The number of hydrogen-bond acceptors (Lipinski definition) is 5. The number of methoxy groups -OCH3 is 1. The number of anilines is 1. The Morgan fingerprint density at radius 2 is 1.84 bits per heavy atom. The van der Waals surface area contributed by atoms with E-state index in [9.17, 15) is 9.59 Å². The third kappa shape index (κ3) is 4.65. The van der Waals surface area contributed by atoms with Crippen LogP contribution in [0.3, 0.4) is 0 Å². The van der Waals surface area contributed by atoms with Gasteiger partial charge in [0.2, 0.25) is 0 Å². The molecule has 0 spiro atoms. The number of halogens is 1. The van der Waals surface area contributed by atoms with Crippen molar-refractivity contribution in [2.75, 3.05) is 25.2 Å². The van der Waals surface area contributed by atoms with Crippen molar-refractivity contribution in [1.82, 2.24) is 0 Å². The number of carbonyl (C=O) groups excluding carboxylic acids is 2. The average molecular weight is 456 g/mol. The molecule has 2 aromatic carbocycles. The summed E-state index contributed by atoms with van der Waals surface area (Å²) in [7, 11) is 1.29. The van der Waals surface area contributed by atoms with Crippen molar-refractivity contribution < 1.29 is 23.8 Å². The first kappa shape index (κ1) is 23.4. The van der Waals surface area contributed by atoms with Crippen LogP contribution >= 0.6 is 11.6 Å². The number of hydrogen-bond donors (Lipinski definition) is 0. The number of ether oxygens (including phenoxy) is 3. The highest BCUT2D eigenvalue weighted by atomic mass is 35.5. The van der Waals surface area contributed by atoms with Crippen molar-refractivity contribution in [3.8, 4) is 11.5 Å². The Morgan fingerprint density at radius 1 is 1.09 bits per heavy atom. The number of carbonyl (C=O) groups is 2. The van der Waals surface area contributed by atoms with Gasteiger partial charge in [0, 0.05) is 5.70 Å². The molecule has 3 rings (SSSR count). The van der Waals surface area contributed by atoms with Gasteiger partial charge in [0.05, 0.1) is 42.2 Å². The van der Waals surface area contributed by atoms with Gasteiger partial charge in [0.25, 0.3) is 5.91 Å². The van der Waals surface area contributed by atoms with E-state index in [4.69, 9.17) is 25.8 Å². The molecule has 1 amide bonds. The van der Waals surface area contributed by atoms with E-state index in [1.165, 1.54) is 12.0 Å². The number of allylic oxidation sites excluding steroid dienone is 1. The van der Waals surface area contributed by atoms with Crippen LogP contribution in [0.5, 0.6) is 11.5 Å². The molecule has 2 aromatic rings. The standard InChI is InChI=1S/C25H26ClNO5/c1-5-13-32-21-12-11-17(15-22(21)31-6-2)14-18-23(25(29)30-4)16(3)27(24(18)28)20-10-8-7-9-19(20)26/h7-12,14-15H,5-6,13H2,1-4H3/b18-14-. The Bertz CT molecular complexity index is 1090. The average Bonchev–Trinajstić information content (AvgIpc) is 3.02. The lowest BCUT2D eigenvalue weighted by Gasteiger charge is -2.19. The van der Waals surface area contributed by atoms with Gasteiger partial charge in [-0.1, -0.05) is 36.7 Å². The SMILES string of the molecule is CCCOc1ccc(/C=C2\C(=O)N(c3ccccc3Cl)C(C)=C2C(=O)OC)cc1OCC. The molecule has 0 radical (unpaired) electrons. The van der Waals surface area contributed by atoms with Crippen molar-refractivity contribution in [3.63, 3.8) is 0 Å². The minimum atomic E-state index is -0.593. The Labute approximate surface area is 193 Å². The zero-order chi connectivity index (χ0) is 23.3. The van der Waals surface area contributed by atoms with Gasteiger partial charge in [-0.2, -0.15) is 0 Å². The molecule has 0 atom stereocenters. The zero-order valence-electron chi connectivity index (χ0n) is 18.6. The smallest absolute Gasteiger partial charge is 0.340 e. The summed E-state index contributed by atoms with van der Waals surface area (Å²) in [5.74, 6) is 0.250. The van der Waals surface area contributed by atoms with E-state index in [0.717, 1.165) is 6.42 Å². The molecule has 1 aliphatic rings. The number of nitrogens with zero attached hydrogens (tertiary/aromatic N) is 1. The Balaban J connectivity index is 2.09. The van der Waals surface area contributed by atoms with Crippen LogP contribution in [0.25, 0.3) is 6.08 Å². The van der Waals surface area contributed by atoms with E-state index in [2.05, 4.69) is 0 Å². The van der Waals surface area contributed by atoms with Gasteiger partial charge in [0.15, 0.2) is 11.5 Å². The molecule has 0 aliphatic carbocycles. The molecule has 0 fully saturated rings. The second-order valence-corrected chi connectivity index (χ2v) is 7.50. The van der Waals surface area contributed by atoms with E-state index >= 15 is 0 Å². The molecular formula is C25H26ClNO5. The maximum absolute atomic E-state index is 13.4. The van der Waals surface area contributed by atoms with Gasteiger partial charge >= 0.3 is 5.97 Å². The summed E-state index contributed by atoms with van der Waals surface area (Å²) in [6, 6.07) is 12.4. The summed E-state index contributed by atoms with van der Waals surface area (Å²) in [6.45, 7) is 6.65. The van der Waals surface area contributed by atoms with Gasteiger partial charge in [0.1, 0.15) is 0 Å². The molecule has 0 unspecified atom stereocenters. The van der Waals surface area contributed by atoms with Crippen LogP contribution in [-0.4, -0.2) is 32.2 Å². The lowest BCUT2D eigenvalue weighted by atomic mass is 10.0. The zero-order valence-corrected chi connectivity index (χ0v) is 19.4. The van der Waals surface area contributed by atoms with Crippen LogP contribution in [0.15, 0.2) is 59.3 Å². The van der Waals surface area contributed by atoms with Gasteiger partial charge < -0.3 is 14.2 Å². The molecule has 0 N–H and O–H groups in total. The minimum absolute atomic E-state index is 0.196. The largest absolute Gasteiger partial charge is 0.490 e. The quantitative estimate of drug-likeness (QED) is 0.393. The van der Waals surface area contributed by atoms with Gasteiger partial charge in [-0.25, -0.2) is 4.79 Å². The first-order valence-electron chi connectivity index (χ1n) is 10.4. The van der Waals surface area contributed by atoms with E-state index in [1.54, 1.807) is 49.4 Å². The van der Waals surface area contributed by atoms with Crippen molar-refractivity contribution in [1.29, 1.82) is 0 Å². The van der Waals surface area contributed by atoms with Crippen LogP contribution < -0.4 is 14.4 Å². The summed E-state index contributed by atoms with van der Waals surface area (Å²) < 4.78 is 16.4.